The van der Waals surface area contributed by atoms with Crippen molar-refractivity contribution in [3.63, 3.8) is 0 Å². The molecule has 7 heteroatoms. The van der Waals surface area contributed by atoms with E-state index in [1.165, 1.54) is 19.2 Å². The minimum absolute atomic E-state index is 0.289. The van der Waals surface area contributed by atoms with Gasteiger partial charge in [0.1, 0.15) is 5.75 Å². The summed E-state index contributed by atoms with van der Waals surface area (Å²) in [6.07, 6.45) is 0. The summed E-state index contributed by atoms with van der Waals surface area (Å²) in [5, 5.41) is 3.51. The Morgan fingerprint density at radius 1 is 1.16 bits per heavy atom. The highest BCUT2D eigenvalue weighted by atomic mass is 35.5. The number of hydrogen-bond acceptors (Lipinski definition) is 4. The summed E-state index contributed by atoms with van der Waals surface area (Å²) in [6, 6.07) is 10.7. The molecule has 2 aromatic carbocycles. The molecule has 3 rings (SSSR count). The molecule has 1 saturated heterocycles. The summed E-state index contributed by atoms with van der Waals surface area (Å²) in [5.74, 6) is -0.0334. The molecule has 25 heavy (non-hydrogen) atoms. The number of halogens is 2. The highest BCUT2D eigenvalue weighted by Crippen LogP contribution is 2.32. The fourth-order valence-corrected chi connectivity index (χ4v) is 3.28. The van der Waals surface area contributed by atoms with Crippen LogP contribution in [0, 0.1) is 0 Å². The lowest BCUT2D eigenvalue weighted by Crippen LogP contribution is -2.36. The van der Waals surface area contributed by atoms with Gasteiger partial charge >= 0.3 is 0 Å². The second-order valence-electron chi connectivity index (χ2n) is 5.57. The lowest BCUT2D eigenvalue weighted by atomic mass is 10.1. The molecule has 5 nitrogen and oxygen atoms in total. The van der Waals surface area contributed by atoms with E-state index >= 15 is 0 Å². The molecule has 0 saturated carbocycles. The topological polar surface area (TPSA) is 50.8 Å². The van der Waals surface area contributed by atoms with E-state index in [0.29, 0.717) is 21.5 Å². The van der Waals surface area contributed by atoms with Crippen LogP contribution in [0.5, 0.6) is 5.75 Å². The lowest BCUT2D eigenvalue weighted by molar-refractivity contribution is 0.102. The Hall–Kier alpha value is -1.95. The first-order chi connectivity index (χ1) is 12.1. The van der Waals surface area contributed by atoms with Crippen LogP contribution in [-0.4, -0.2) is 39.3 Å². The van der Waals surface area contributed by atoms with E-state index in [1.807, 2.05) is 24.3 Å². The number of anilines is 2. The van der Waals surface area contributed by atoms with Crippen LogP contribution in [0.15, 0.2) is 36.4 Å². The number of nitrogens with one attached hydrogen (secondary N) is 1. The van der Waals surface area contributed by atoms with E-state index in [9.17, 15) is 4.79 Å². The molecule has 1 aliphatic heterocycles. The number of ether oxygens (including phenoxy) is 2. The average Bonchev–Trinajstić information content (AvgIpc) is 2.62. The summed E-state index contributed by atoms with van der Waals surface area (Å²) in [4.78, 5) is 14.8. The molecule has 2 aromatic rings. The van der Waals surface area contributed by atoms with Crippen molar-refractivity contribution in [2.24, 2.45) is 0 Å². The monoisotopic (exact) mass is 380 g/mol. The Bertz CT molecular complexity index is 760. The van der Waals surface area contributed by atoms with Gasteiger partial charge in [-0.1, -0.05) is 23.2 Å². The first-order valence-electron chi connectivity index (χ1n) is 7.85. The Balaban J connectivity index is 1.75. The Labute approximate surface area is 156 Å². The Kier molecular flexibility index (Phi) is 5.68. The van der Waals surface area contributed by atoms with Gasteiger partial charge in [-0.15, -0.1) is 0 Å². The van der Waals surface area contributed by atoms with Crippen molar-refractivity contribution >= 4 is 40.5 Å². The van der Waals surface area contributed by atoms with Gasteiger partial charge in [0.25, 0.3) is 5.91 Å². The summed E-state index contributed by atoms with van der Waals surface area (Å²) in [7, 11) is 1.46. The smallest absolute Gasteiger partial charge is 0.259 e. The van der Waals surface area contributed by atoms with E-state index < -0.39 is 0 Å². The highest BCUT2D eigenvalue weighted by Gasteiger charge is 2.17. The lowest BCUT2D eigenvalue weighted by Gasteiger charge is -2.28. The van der Waals surface area contributed by atoms with Gasteiger partial charge in [0.2, 0.25) is 0 Å². The van der Waals surface area contributed by atoms with Gasteiger partial charge in [0, 0.05) is 29.5 Å². The normalized spacial score (nSPS) is 14.3. The number of carbonyl (C=O) groups excluding carboxylic acids is 1. The van der Waals surface area contributed by atoms with Crippen LogP contribution < -0.4 is 15.0 Å². The van der Waals surface area contributed by atoms with Gasteiger partial charge in [-0.25, -0.2) is 0 Å². The van der Waals surface area contributed by atoms with Crippen molar-refractivity contribution in [2.75, 3.05) is 43.6 Å². The predicted octanol–water partition coefficient (Wildman–Crippen LogP) is 4.09. The Morgan fingerprint density at radius 3 is 2.48 bits per heavy atom. The third kappa shape index (κ3) is 4.18. The van der Waals surface area contributed by atoms with Crippen molar-refractivity contribution in [2.45, 2.75) is 0 Å². The molecular weight excluding hydrogens is 363 g/mol. The van der Waals surface area contributed by atoms with Gasteiger partial charge in [0.15, 0.2) is 0 Å². The fraction of sp³-hybridized carbons (Fsp3) is 0.278. The quantitative estimate of drug-likeness (QED) is 0.867. The number of amides is 1. The zero-order chi connectivity index (χ0) is 17.8. The van der Waals surface area contributed by atoms with Gasteiger partial charge in [-0.3, -0.25) is 4.79 Å². The average molecular weight is 381 g/mol. The van der Waals surface area contributed by atoms with Crippen molar-refractivity contribution in [3.05, 3.63) is 52.0 Å². The highest BCUT2D eigenvalue weighted by molar-refractivity contribution is 6.36. The molecule has 0 unspecified atom stereocenters. The summed E-state index contributed by atoms with van der Waals surface area (Å²) >= 11 is 12.1. The molecular formula is C18H18Cl2N2O3. The summed E-state index contributed by atoms with van der Waals surface area (Å²) in [6.45, 7) is 3.19. The number of methoxy groups -OCH3 is 1. The SMILES string of the molecule is COc1c(Cl)cc(Cl)cc1C(=O)Nc1ccc(N2CCOCC2)cc1. The number of hydrogen-bond donors (Lipinski definition) is 1. The zero-order valence-corrected chi connectivity index (χ0v) is 15.2. The molecule has 0 radical (unpaired) electrons. The number of morpholine rings is 1. The largest absolute Gasteiger partial charge is 0.494 e. The second kappa shape index (κ2) is 7.95. The molecule has 132 valence electrons. The minimum atomic E-state index is -0.333. The van der Waals surface area contributed by atoms with Crippen molar-refractivity contribution in [3.8, 4) is 5.75 Å². The molecule has 1 fully saturated rings. The van der Waals surface area contributed by atoms with E-state index in [-0.39, 0.29) is 11.5 Å². The molecule has 0 aromatic heterocycles. The molecule has 0 aliphatic carbocycles. The number of carbonyl (C=O) groups is 1. The van der Waals surface area contributed by atoms with Crippen molar-refractivity contribution < 1.29 is 14.3 Å². The van der Waals surface area contributed by atoms with Gasteiger partial charge in [0.05, 0.1) is 30.9 Å². The number of nitrogens with zero attached hydrogens (tertiary/aromatic N) is 1. The summed E-state index contributed by atoms with van der Waals surface area (Å²) < 4.78 is 10.6. The van der Waals surface area contributed by atoms with Gasteiger partial charge < -0.3 is 19.7 Å². The number of benzene rings is 2. The van der Waals surface area contributed by atoms with E-state index in [1.54, 1.807) is 0 Å². The van der Waals surface area contributed by atoms with Crippen LogP contribution in [0.25, 0.3) is 0 Å². The third-order valence-corrected chi connectivity index (χ3v) is 4.46. The molecule has 0 atom stereocenters. The third-order valence-electron chi connectivity index (χ3n) is 3.96. The van der Waals surface area contributed by atoms with Crippen molar-refractivity contribution in [1.29, 1.82) is 0 Å². The molecule has 0 spiro atoms. The second-order valence-corrected chi connectivity index (χ2v) is 6.41. The van der Waals surface area contributed by atoms with Crippen LogP contribution in [0.2, 0.25) is 10.0 Å². The van der Waals surface area contributed by atoms with E-state index in [4.69, 9.17) is 32.7 Å². The molecule has 1 heterocycles. The molecule has 0 bridgehead atoms. The maximum atomic E-state index is 12.5. The maximum Gasteiger partial charge on any atom is 0.259 e. The molecule has 1 amide bonds. The summed E-state index contributed by atoms with van der Waals surface area (Å²) in [5.41, 5.74) is 2.07. The van der Waals surface area contributed by atoms with Crippen LogP contribution in [-0.2, 0) is 4.74 Å². The zero-order valence-electron chi connectivity index (χ0n) is 13.7. The van der Waals surface area contributed by atoms with Gasteiger partial charge in [-0.2, -0.15) is 0 Å². The van der Waals surface area contributed by atoms with Crippen LogP contribution >= 0.6 is 23.2 Å². The predicted molar refractivity (Wildman–Crippen MR) is 100 cm³/mol. The van der Waals surface area contributed by atoms with E-state index in [0.717, 1.165) is 32.0 Å². The van der Waals surface area contributed by atoms with Crippen LogP contribution in [0.3, 0.4) is 0 Å². The van der Waals surface area contributed by atoms with Crippen LogP contribution in [0.4, 0.5) is 11.4 Å². The maximum absolute atomic E-state index is 12.5. The molecule has 1 N–H and O–H groups in total. The Morgan fingerprint density at radius 2 is 1.84 bits per heavy atom. The first kappa shape index (κ1) is 17.9. The minimum Gasteiger partial charge on any atom is -0.494 e. The van der Waals surface area contributed by atoms with Crippen molar-refractivity contribution in [1.82, 2.24) is 0 Å². The standard InChI is InChI=1S/C18H18Cl2N2O3/c1-24-17-15(10-12(19)11-16(17)20)18(23)21-13-2-4-14(5-3-13)22-6-8-25-9-7-22/h2-5,10-11H,6-9H2,1H3,(H,21,23). The first-order valence-corrected chi connectivity index (χ1v) is 8.61. The molecule has 1 aliphatic rings. The van der Waals surface area contributed by atoms with E-state index in [2.05, 4.69) is 10.2 Å². The van der Waals surface area contributed by atoms with Gasteiger partial charge in [-0.05, 0) is 36.4 Å². The van der Waals surface area contributed by atoms with Crippen LogP contribution in [0.1, 0.15) is 10.4 Å². The number of rotatable bonds is 4. The fourth-order valence-electron chi connectivity index (χ4n) is 2.71.